The molecule has 0 saturated carbocycles. The van der Waals surface area contributed by atoms with Crippen LogP contribution in [0.1, 0.15) is 0 Å². The van der Waals surface area contributed by atoms with Crippen molar-refractivity contribution in [1.82, 2.24) is 0 Å². The van der Waals surface area contributed by atoms with Crippen molar-refractivity contribution < 1.29 is 43.2 Å². The zero-order valence-electron chi connectivity index (χ0n) is 3.45. The maximum absolute atomic E-state index is 0. The molecule has 0 atom stereocenters. The summed E-state index contributed by atoms with van der Waals surface area (Å²) < 4.78 is 0. The Morgan fingerprint density at radius 3 is 0.750 bits per heavy atom. The second-order valence-electron chi connectivity index (χ2n) is 0. The maximum atomic E-state index is 0. The number of rotatable bonds is 0. The molecule has 1 radical (unpaired) electrons. The molecule has 0 unspecified atom stereocenters. The average Bonchev–Trinajstić information content (AvgIpc) is 0. The smallest absolute Gasteiger partial charge is 0.870 e. The third-order valence-corrected chi connectivity index (χ3v) is 0. The van der Waals surface area contributed by atoms with Gasteiger partial charge in [0.05, 0.1) is 0 Å². The Labute approximate surface area is 61.7 Å². The third kappa shape index (κ3) is 9.26. The Hall–Kier alpha value is 1.75. The third-order valence-electron chi connectivity index (χ3n) is 0. The van der Waals surface area contributed by atoms with Crippen LogP contribution in [0.25, 0.3) is 0 Å². The van der Waals surface area contributed by atoms with Gasteiger partial charge in [0.15, 0.2) is 0 Å². The molecule has 0 aliphatic rings. The minimum Gasteiger partial charge on any atom is -0.870 e. The molecule has 9 valence electrons. The fourth-order valence-corrected chi connectivity index (χ4v) is 0. The van der Waals surface area contributed by atoms with Crippen molar-refractivity contribution >= 4 is 18.9 Å². The van der Waals surface area contributed by atoms with E-state index in [1.807, 2.05) is 0 Å². The van der Waals surface area contributed by atoms with Crippen molar-refractivity contribution in [3.8, 4) is 0 Å². The zero-order chi connectivity index (χ0) is 0. The normalized spacial score (nSPS) is 0. The standard InChI is InChI=1S/3Li.H2O/h;;;1H2/q;2*+1;/p-1. The van der Waals surface area contributed by atoms with Crippen LogP contribution in [0.2, 0.25) is 0 Å². The van der Waals surface area contributed by atoms with Gasteiger partial charge in [0.25, 0.3) is 0 Å². The van der Waals surface area contributed by atoms with Gasteiger partial charge in [-0.05, 0) is 0 Å². The van der Waals surface area contributed by atoms with E-state index in [1.54, 1.807) is 0 Å². The second kappa shape index (κ2) is 21.8. The fraction of sp³-hybridized carbons (Fsp3) is 0. The quantitative estimate of drug-likeness (QED) is 0.246. The molecule has 0 fully saturated rings. The SMILES string of the molecule is [Li+].[Li+].[Li].[OH-]. The monoisotopic (exact) mass is 38.1 g/mol. The summed E-state index contributed by atoms with van der Waals surface area (Å²) in [5.74, 6) is 0. The fourth-order valence-electron chi connectivity index (χ4n) is 0. The molecule has 0 aromatic rings. The van der Waals surface area contributed by atoms with Crippen LogP contribution in [0.3, 0.4) is 0 Å². The summed E-state index contributed by atoms with van der Waals surface area (Å²) in [6.45, 7) is 0. The molecule has 1 N–H and O–H groups in total. The van der Waals surface area contributed by atoms with Crippen molar-refractivity contribution in [3.05, 3.63) is 0 Å². The van der Waals surface area contributed by atoms with Crippen LogP contribution < -0.4 is 37.7 Å². The Morgan fingerprint density at radius 1 is 0.750 bits per heavy atom. The van der Waals surface area contributed by atoms with Crippen LogP contribution in [0.15, 0.2) is 0 Å². The summed E-state index contributed by atoms with van der Waals surface area (Å²) in [5, 5.41) is 0. The Bertz CT molecular complexity index is 3.25. The van der Waals surface area contributed by atoms with Crippen molar-refractivity contribution in [2.45, 2.75) is 0 Å². The van der Waals surface area contributed by atoms with Crippen LogP contribution in [0.4, 0.5) is 0 Å². The minimum atomic E-state index is 0. The van der Waals surface area contributed by atoms with Gasteiger partial charge in [-0.3, -0.25) is 0 Å². The van der Waals surface area contributed by atoms with Crippen molar-refractivity contribution in [2.24, 2.45) is 0 Å². The first-order chi connectivity index (χ1) is 0. The van der Waals surface area contributed by atoms with E-state index >= 15 is 0 Å². The van der Waals surface area contributed by atoms with Gasteiger partial charge in [0, 0.05) is 18.9 Å². The van der Waals surface area contributed by atoms with Crippen LogP contribution in [-0.2, 0) is 0 Å². The largest absolute Gasteiger partial charge is 1.00 e. The van der Waals surface area contributed by atoms with Crippen LogP contribution in [0.5, 0.6) is 0 Å². The predicted octanol–water partition coefficient (Wildman–Crippen LogP) is -6.55. The summed E-state index contributed by atoms with van der Waals surface area (Å²) in [7, 11) is 0. The summed E-state index contributed by atoms with van der Waals surface area (Å²) in [6.07, 6.45) is 0. The van der Waals surface area contributed by atoms with Crippen LogP contribution in [-0.4, -0.2) is 24.3 Å². The first kappa shape index (κ1) is 42.3. The molecule has 0 bridgehead atoms. The summed E-state index contributed by atoms with van der Waals surface area (Å²) >= 11 is 0. The van der Waals surface area contributed by atoms with Gasteiger partial charge in [0.1, 0.15) is 0 Å². The molecule has 0 spiro atoms. The van der Waals surface area contributed by atoms with Gasteiger partial charge in [-0.25, -0.2) is 0 Å². The molecule has 1 nitrogen and oxygen atoms in total. The molecule has 0 saturated heterocycles. The van der Waals surface area contributed by atoms with E-state index in [0.717, 1.165) is 0 Å². The van der Waals surface area contributed by atoms with E-state index in [0.29, 0.717) is 0 Å². The van der Waals surface area contributed by atoms with Crippen LogP contribution in [0, 0.1) is 0 Å². The van der Waals surface area contributed by atoms with Gasteiger partial charge < -0.3 is 5.48 Å². The molecule has 0 aliphatic heterocycles. The van der Waals surface area contributed by atoms with E-state index in [2.05, 4.69) is 0 Å². The molecule has 0 amide bonds. The summed E-state index contributed by atoms with van der Waals surface area (Å²) in [6, 6.07) is 0. The van der Waals surface area contributed by atoms with Gasteiger partial charge >= 0.3 is 37.7 Å². The molecular weight excluding hydrogens is 36.8 g/mol. The summed E-state index contributed by atoms with van der Waals surface area (Å²) in [4.78, 5) is 0. The van der Waals surface area contributed by atoms with Crippen molar-refractivity contribution in [2.75, 3.05) is 0 Å². The van der Waals surface area contributed by atoms with Gasteiger partial charge in [-0.1, -0.05) is 0 Å². The van der Waals surface area contributed by atoms with Crippen molar-refractivity contribution in [3.63, 3.8) is 0 Å². The van der Waals surface area contributed by atoms with Gasteiger partial charge in [-0.2, -0.15) is 0 Å². The Balaban J connectivity index is 0. The van der Waals surface area contributed by atoms with E-state index in [1.165, 1.54) is 0 Å². The van der Waals surface area contributed by atoms with E-state index in [4.69, 9.17) is 0 Å². The Morgan fingerprint density at radius 2 is 0.750 bits per heavy atom. The molecule has 4 heteroatoms. The Kier molecular flexibility index (Phi) is 231. The molecular formula is HLi3O+. The molecule has 0 aromatic carbocycles. The van der Waals surface area contributed by atoms with Crippen LogP contribution >= 0.6 is 0 Å². The van der Waals surface area contributed by atoms with Gasteiger partial charge in [0.2, 0.25) is 0 Å². The number of hydrogen-bond acceptors (Lipinski definition) is 1. The molecule has 0 rings (SSSR count). The second-order valence-corrected chi connectivity index (χ2v) is 0. The van der Waals surface area contributed by atoms with E-state index in [-0.39, 0.29) is 62.1 Å². The molecule has 0 aromatic heterocycles. The zero-order valence-corrected chi connectivity index (χ0v) is 3.45. The first-order valence-electron chi connectivity index (χ1n) is 0. The van der Waals surface area contributed by atoms with Gasteiger partial charge in [-0.15, -0.1) is 0 Å². The maximum Gasteiger partial charge on any atom is 1.00 e. The van der Waals surface area contributed by atoms with Crippen molar-refractivity contribution in [1.29, 1.82) is 0 Å². The van der Waals surface area contributed by atoms with E-state index < -0.39 is 0 Å². The molecule has 0 heterocycles. The molecule has 0 aliphatic carbocycles. The average molecular weight is 37.8 g/mol. The van der Waals surface area contributed by atoms with E-state index in [9.17, 15) is 0 Å². The minimum absolute atomic E-state index is 0. The topological polar surface area (TPSA) is 30.0 Å². The molecule has 4 heavy (non-hydrogen) atoms. The summed E-state index contributed by atoms with van der Waals surface area (Å²) in [5.41, 5.74) is 0. The number of hydrogen-bond donors (Lipinski definition) is 0. The first-order valence-corrected chi connectivity index (χ1v) is 0. The predicted molar refractivity (Wildman–Crippen MR) is 7.69 cm³/mol.